The Morgan fingerprint density at radius 3 is 2.52 bits per heavy atom. The quantitative estimate of drug-likeness (QED) is 0.209. The van der Waals surface area contributed by atoms with Gasteiger partial charge in [-0.15, -0.1) is 0 Å². The fourth-order valence-electron chi connectivity index (χ4n) is 7.79. The van der Waals surface area contributed by atoms with Gasteiger partial charge in [0.2, 0.25) is 5.91 Å². The molecule has 7 heterocycles. The summed E-state index contributed by atoms with van der Waals surface area (Å²) in [6.45, 7) is 10.6. The summed E-state index contributed by atoms with van der Waals surface area (Å²) < 4.78 is 31.4. The van der Waals surface area contributed by atoms with Gasteiger partial charge in [-0.25, -0.2) is 4.79 Å². The van der Waals surface area contributed by atoms with E-state index in [1.807, 2.05) is 13.8 Å². The molecule has 7 aliphatic heterocycles. The lowest BCUT2D eigenvalue weighted by atomic mass is 9.78. The summed E-state index contributed by atoms with van der Waals surface area (Å²) >= 11 is 0. The molecule has 7 rings (SSSR count). The van der Waals surface area contributed by atoms with Crippen molar-refractivity contribution in [1.29, 1.82) is 0 Å². The number of nitrogens with one attached hydrogen (secondary N) is 1. The maximum atomic E-state index is 13.5. The van der Waals surface area contributed by atoms with Gasteiger partial charge in [0.1, 0.15) is 29.7 Å². The van der Waals surface area contributed by atoms with Gasteiger partial charge in [-0.1, -0.05) is 32.9 Å². The fraction of sp³-hybridized carbons (Fsp3) is 0.737. The van der Waals surface area contributed by atoms with Crippen molar-refractivity contribution in [2.75, 3.05) is 0 Å². The molecule has 0 aromatic carbocycles. The maximum absolute atomic E-state index is 13.5. The molecular weight excluding hydrogens is 646 g/mol. The van der Waals surface area contributed by atoms with Crippen LogP contribution in [0.5, 0.6) is 0 Å². The van der Waals surface area contributed by atoms with Crippen molar-refractivity contribution in [2.24, 2.45) is 11.8 Å². The standard InChI is InChI=1S/C38H55NO11/c1-7-11-31(42)39-17-10-8-9-12-28-27(41)18-22(2)26(40)21-25-19-24(4)38(48-25)16-15-36(5)30(50-38)14-13-29(49-36)33-34(47-33)35(44)37(6,45)23(3)20-32(43)46-28/h8-10,17,20,22,24-25,28-30,33-35,44-45H,7,11-16,18-19,21H2,1-6H3,(H,39,42)/b9-8+,17-10-,23-20?/t22-,24-,25+,28-,29-,30+,33-,34-,35+,36-,37+,38+/m0/s1. The number of esters is 1. The van der Waals surface area contributed by atoms with E-state index < -0.39 is 59.1 Å². The Hall–Kier alpha value is -2.74. The van der Waals surface area contributed by atoms with Crippen LogP contribution in [0.15, 0.2) is 36.1 Å². The Bertz CT molecular complexity index is 1390. The lowest BCUT2D eigenvalue weighted by molar-refractivity contribution is -0.344. The molecule has 50 heavy (non-hydrogen) atoms. The van der Waals surface area contributed by atoms with Gasteiger partial charge >= 0.3 is 5.97 Å². The van der Waals surface area contributed by atoms with Crippen LogP contribution in [-0.4, -0.2) is 93.4 Å². The van der Waals surface area contributed by atoms with Gasteiger partial charge in [-0.3, -0.25) is 14.4 Å². The van der Waals surface area contributed by atoms with Crippen molar-refractivity contribution < 1.29 is 53.1 Å². The normalized spacial score (nSPS) is 42.9. The largest absolute Gasteiger partial charge is 0.451 e. The van der Waals surface area contributed by atoms with Gasteiger partial charge in [0.15, 0.2) is 17.7 Å². The van der Waals surface area contributed by atoms with Gasteiger partial charge in [-0.05, 0) is 64.5 Å². The first kappa shape index (κ1) is 38.5. The van der Waals surface area contributed by atoms with Crippen LogP contribution in [-0.2, 0) is 42.9 Å². The smallest absolute Gasteiger partial charge is 0.331 e. The summed E-state index contributed by atoms with van der Waals surface area (Å²) in [5, 5.41) is 25.3. The molecule has 1 spiro atoms. The Morgan fingerprint density at radius 1 is 1.02 bits per heavy atom. The minimum Gasteiger partial charge on any atom is -0.451 e. The number of ketones is 2. The van der Waals surface area contributed by atoms with Gasteiger partial charge in [-0.2, -0.15) is 0 Å². The van der Waals surface area contributed by atoms with Crippen molar-refractivity contribution in [3.8, 4) is 0 Å². The van der Waals surface area contributed by atoms with Gasteiger partial charge in [0.05, 0.1) is 23.9 Å². The first-order valence-corrected chi connectivity index (χ1v) is 18.2. The zero-order valence-corrected chi connectivity index (χ0v) is 30.2. The molecule has 0 aromatic rings. The minimum atomic E-state index is -1.85. The lowest BCUT2D eigenvalue weighted by Crippen LogP contribution is -2.60. The number of fused-ring (bicyclic) bond motifs is 2. The predicted octanol–water partition coefficient (Wildman–Crippen LogP) is 3.91. The third kappa shape index (κ3) is 8.48. The summed E-state index contributed by atoms with van der Waals surface area (Å²) in [6.07, 6.45) is 7.22. The fourth-order valence-corrected chi connectivity index (χ4v) is 7.79. The van der Waals surface area contributed by atoms with Gasteiger partial charge < -0.3 is 39.2 Å². The third-order valence-corrected chi connectivity index (χ3v) is 11.3. The SMILES string of the molecule is CCCC(=O)N/C=C\C=C\C[C@@H]1OC(=O)C=C(C)[C@@](C)(O)[C@H](O)[C@H]2O[C@H]2[C@@H]2CC[C@H]3O[C@@]4(CC[C@]3(C)O2)O[C@@H](CC(=O)[C@@H](C)CC1=O)C[C@@H]4C. The van der Waals surface area contributed by atoms with E-state index in [0.717, 1.165) is 12.5 Å². The number of carbonyl (C=O) groups is 4. The number of amides is 1. The molecule has 12 atom stereocenters. The Kier molecular flexibility index (Phi) is 11.9. The molecular formula is C38H55NO11. The van der Waals surface area contributed by atoms with Crippen LogP contribution in [0.1, 0.15) is 106 Å². The van der Waals surface area contributed by atoms with Crippen molar-refractivity contribution in [2.45, 2.75) is 165 Å². The van der Waals surface area contributed by atoms with E-state index in [9.17, 15) is 29.4 Å². The van der Waals surface area contributed by atoms with E-state index in [-0.39, 0.29) is 60.8 Å². The number of allylic oxidation sites excluding steroid dienone is 2. The maximum Gasteiger partial charge on any atom is 0.331 e. The average Bonchev–Trinajstić information content (AvgIpc) is 3.79. The van der Waals surface area contributed by atoms with Crippen molar-refractivity contribution >= 4 is 23.4 Å². The summed E-state index contributed by atoms with van der Waals surface area (Å²) in [5.74, 6) is -2.95. The molecule has 0 aliphatic carbocycles. The summed E-state index contributed by atoms with van der Waals surface area (Å²) in [5.41, 5.74) is -2.31. The number of hydrogen-bond donors (Lipinski definition) is 3. The van der Waals surface area contributed by atoms with E-state index in [1.54, 1.807) is 25.2 Å². The number of hydrogen-bond acceptors (Lipinski definition) is 11. The summed E-state index contributed by atoms with van der Waals surface area (Å²) in [7, 11) is 0. The molecule has 12 heteroatoms. The van der Waals surface area contributed by atoms with Crippen LogP contribution in [0.4, 0.5) is 0 Å². The number of aliphatic hydroxyl groups excluding tert-OH is 1. The summed E-state index contributed by atoms with van der Waals surface area (Å²) in [4.78, 5) is 51.8. The van der Waals surface area contributed by atoms with Crippen LogP contribution in [0, 0.1) is 11.8 Å². The number of Topliss-reactive ketones (excluding diaryl/α,β-unsaturated/α-hetero) is 2. The molecule has 0 unspecified atom stereocenters. The first-order chi connectivity index (χ1) is 23.6. The Labute approximate surface area is 294 Å². The van der Waals surface area contributed by atoms with E-state index in [4.69, 9.17) is 23.7 Å². The topological polar surface area (TPSA) is 170 Å². The third-order valence-electron chi connectivity index (χ3n) is 11.3. The monoisotopic (exact) mass is 701 g/mol. The zero-order valence-electron chi connectivity index (χ0n) is 30.2. The molecule has 0 aromatic heterocycles. The van der Waals surface area contributed by atoms with E-state index in [0.29, 0.717) is 38.5 Å². The van der Waals surface area contributed by atoms with Crippen LogP contribution in [0.2, 0.25) is 0 Å². The second kappa shape index (κ2) is 15.5. The molecule has 1 amide bonds. The van der Waals surface area contributed by atoms with Crippen LogP contribution in [0.25, 0.3) is 0 Å². The zero-order chi connectivity index (χ0) is 36.4. The molecule has 4 fully saturated rings. The summed E-state index contributed by atoms with van der Waals surface area (Å²) in [6, 6.07) is 0. The van der Waals surface area contributed by atoms with Crippen molar-refractivity contribution in [3.05, 3.63) is 36.1 Å². The molecule has 7 aliphatic rings. The highest BCUT2D eigenvalue weighted by atomic mass is 16.7. The highest BCUT2D eigenvalue weighted by Gasteiger charge is 2.61. The van der Waals surface area contributed by atoms with E-state index >= 15 is 0 Å². The van der Waals surface area contributed by atoms with E-state index in [1.165, 1.54) is 20.0 Å². The van der Waals surface area contributed by atoms with Crippen molar-refractivity contribution in [3.63, 3.8) is 0 Å². The molecule has 0 saturated carbocycles. The highest BCUT2D eigenvalue weighted by molar-refractivity contribution is 5.92. The van der Waals surface area contributed by atoms with Crippen molar-refractivity contribution in [1.82, 2.24) is 5.32 Å². The van der Waals surface area contributed by atoms with Crippen LogP contribution >= 0.6 is 0 Å². The average molecular weight is 702 g/mol. The Morgan fingerprint density at radius 2 is 1.78 bits per heavy atom. The van der Waals surface area contributed by atoms with Gasteiger partial charge in [0, 0.05) is 56.2 Å². The molecule has 278 valence electrons. The number of epoxide rings is 1. The lowest BCUT2D eigenvalue weighted by Gasteiger charge is -2.53. The van der Waals surface area contributed by atoms with Gasteiger partial charge in [0.25, 0.3) is 0 Å². The van der Waals surface area contributed by atoms with Crippen LogP contribution in [0.3, 0.4) is 0 Å². The molecule has 5 bridgehead atoms. The Balaban J connectivity index is 1.36. The molecule has 4 saturated heterocycles. The molecule has 12 nitrogen and oxygen atoms in total. The predicted molar refractivity (Wildman–Crippen MR) is 181 cm³/mol. The van der Waals surface area contributed by atoms with E-state index in [2.05, 4.69) is 12.2 Å². The minimum absolute atomic E-state index is 0.0206. The number of carbonyl (C=O) groups excluding carboxylic acids is 4. The second-order valence-corrected chi connectivity index (χ2v) is 15.3. The number of rotatable bonds is 6. The highest BCUT2D eigenvalue weighted by Crippen LogP contribution is 2.52. The number of ether oxygens (including phenoxy) is 5. The molecule has 3 N–H and O–H groups in total. The number of aliphatic hydroxyl groups is 2. The molecule has 0 radical (unpaired) electrons. The van der Waals surface area contributed by atoms with Crippen LogP contribution < -0.4 is 5.32 Å². The first-order valence-electron chi connectivity index (χ1n) is 18.2. The second-order valence-electron chi connectivity index (χ2n) is 15.3.